The van der Waals surface area contributed by atoms with Crippen molar-refractivity contribution in [3.8, 4) is 0 Å². The zero-order valence-electron chi connectivity index (χ0n) is 12.7. The van der Waals surface area contributed by atoms with Crippen molar-refractivity contribution in [2.45, 2.75) is 32.3 Å². The Kier molecular flexibility index (Phi) is 6.33. The molecule has 1 amide bonds. The van der Waals surface area contributed by atoms with Crippen molar-refractivity contribution < 1.29 is 18.7 Å². The van der Waals surface area contributed by atoms with Gasteiger partial charge in [0, 0.05) is 12.2 Å². The summed E-state index contributed by atoms with van der Waals surface area (Å²) in [6.45, 7) is 3.61. The van der Waals surface area contributed by atoms with Crippen LogP contribution < -0.4 is 5.32 Å². The van der Waals surface area contributed by atoms with Crippen LogP contribution in [0.3, 0.4) is 0 Å². The molecular formula is C16H21FN2O3. The lowest BCUT2D eigenvalue weighted by Crippen LogP contribution is -2.33. The number of carbonyl (C=O) groups is 1. The van der Waals surface area contributed by atoms with Crippen LogP contribution in [0, 0.1) is 5.82 Å². The Morgan fingerprint density at radius 2 is 2.41 bits per heavy atom. The molecule has 1 fully saturated rings. The van der Waals surface area contributed by atoms with E-state index in [9.17, 15) is 9.18 Å². The Balaban J connectivity index is 1.98. The van der Waals surface area contributed by atoms with Gasteiger partial charge in [0.05, 0.1) is 19.3 Å². The zero-order valence-corrected chi connectivity index (χ0v) is 12.7. The van der Waals surface area contributed by atoms with E-state index in [1.54, 1.807) is 0 Å². The Morgan fingerprint density at radius 3 is 3.09 bits per heavy atom. The van der Waals surface area contributed by atoms with Gasteiger partial charge in [-0.05, 0) is 37.5 Å². The minimum absolute atomic E-state index is 0.0753. The van der Waals surface area contributed by atoms with Gasteiger partial charge in [0.2, 0.25) is 0 Å². The molecule has 1 saturated heterocycles. The Hall–Kier alpha value is -1.95. The smallest absolute Gasteiger partial charge is 0.291 e. The van der Waals surface area contributed by atoms with Gasteiger partial charge < -0.3 is 9.47 Å². The Morgan fingerprint density at radius 1 is 1.55 bits per heavy atom. The van der Waals surface area contributed by atoms with Crippen molar-refractivity contribution in [1.82, 2.24) is 5.32 Å². The first kappa shape index (κ1) is 16.4. The molecule has 0 aliphatic carbocycles. The molecular weight excluding hydrogens is 287 g/mol. The molecule has 6 heteroatoms. The van der Waals surface area contributed by atoms with Gasteiger partial charge in [0.1, 0.15) is 5.82 Å². The van der Waals surface area contributed by atoms with E-state index in [1.165, 1.54) is 24.3 Å². The number of halogens is 1. The summed E-state index contributed by atoms with van der Waals surface area (Å²) >= 11 is 0. The first-order chi connectivity index (χ1) is 10.7. The Labute approximate surface area is 129 Å². The number of hydrogen-bond donors (Lipinski definition) is 1. The molecule has 1 heterocycles. The van der Waals surface area contributed by atoms with Gasteiger partial charge in [-0.1, -0.05) is 13.0 Å². The van der Waals surface area contributed by atoms with Crippen LogP contribution in [0.2, 0.25) is 0 Å². The van der Waals surface area contributed by atoms with Crippen LogP contribution in [0.1, 0.15) is 36.5 Å². The highest BCUT2D eigenvalue weighted by atomic mass is 19.1. The van der Waals surface area contributed by atoms with Crippen LogP contribution in [0.15, 0.2) is 29.3 Å². The van der Waals surface area contributed by atoms with Crippen LogP contribution in [0.25, 0.3) is 0 Å². The largest absolute Gasteiger partial charge is 0.465 e. The number of nitrogens with one attached hydrogen (secondary N) is 1. The number of carbonyl (C=O) groups excluding carboxylic acids is 1. The van der Waals surface area contributed by atoms with Gasteiger partial charge in [0.25, 0.3) is 11.9 Å². The quantitative estimate of drug-likeness (QED) is 0.671. The summed E-state index contributed by atoms with van der Waals surface area (Å²) in [5.74, 6) is -0.901. The van der Waals surface area contributed by atoms with Crippen molar-refractivity contribution in [3.05, 3.63) is 35.6 Å². The Bertz CT molecular complexity index is 528. The molecule has 1 aliphatic rings. The molecule has 1 aromatic carbocycles. The molecule has 0 bridgehead atoms. The van der Waals surface area contributed by atoms with E-state index >= 15 is 0 Å². The van der Waals surface area contributed by atoms with Crippen LogP contribution in [0.5, 0.6) is 0 Å². The highest BCUT2D eigenvalue weighted by Gasteiger charge is 2.16. The number of ether oxygens (including phenoxy) is 2. The number of nitrogens with zero attached hydrogens (tertiary/aromatic N) is 1. The fourth-order valence-corrected chi connectivity index (χ4v) is 2.09. The molecule has 2 rings (SSSR count). The predicted molar refractivity (Wildman–Crippen MR) is 81.4 cm³/mol. The second-order valence-corrected chi connectivity index (χ2v) is 5.09. The molecule has 1 aliphatic heterocycles. The van der Waals surface area contributed by atoms with Crippen molar-refractivity contribution in [3.63, 3.8) is 0 Å². The molecule has 1 aromatic rings. The van der Waals surface area contributed by atoms with E-state index in [-0.39, 0.29) is 17.7 Å². The number of hydrogen-bond acceptors (Lipinski definition) is 4. The number of benzene rings is 1. The predicted octanol–water partition coefficient (Wildman–Crippen LogP) is 2.52. The van der Waals surface area contributed by atoms with Gasteiger partial charge in [0.15, 0.2) is 0 Å². The number of amides is 1. The topological polar surface area (TPSA) is 59.9 Å². The van der Waals surface area contributed by atoms with E-state index in [0.29, 0.717) is 13.2 Å². The molecule has 0 aromatic heterocycles. The van der Waals surface area contributed by atoms with Crippen molar-refractivity contribution in [2.75, 3.05) is 19.8 Å². The molecule has 1 N–H and O–H groups in total. The third-order valence-corrected chi connectivity index (χ3v) is 3.21. The average Bonchev–Trinajstić information content (AvgIpc) is 3.03. The summed E-state index contributed by atoms with van der Waals surface area (Å²) in [5, 5.41) is 2.59. The molecule has 5 nitrogen and oxygen atoms in total. The summed E-state index contributed by atoms with van der Waals surface area (Å²) in [6.07, 6.45) is 2.87. The first-order valence-electron chi connectivity index (χ1n) is 7.55. The van der Waals surface area contributed by atoms with Crippen LogP contribution >= 0.6 is 0 Å². The van der Waals surface area contributed by atoms with Crippen LogP contribution in [0.4, 0.5) is 4.39 Å². The third kappa shape index (κ3) is 5.11. The number of amidine groups is 1. The second-order valence-electron chi connectivity index (χ2n) is 5.09. The fourth-order valence-electron chi connectivity index (χ4n) is 2.09. The lowest BCUT2D eigenvalue weighted by Gasteiger charge is -2.12. The summed E-state index contributed by atoms with van der Waals surface area (Å²) in [4.78, 5) is 16.4. The van der Waals surface area contributed by atoms with E-state index in [0.717, 1.165) is 25.9 Å². The monoisotopic (exact) mass is 308 g/mol. The standard InChI is InChI=1S/C16H21FN2O3/c1-2-8-22-16(18-11-14-7-4-9-21-14)19-15(20)12-5-3-6-13(17)10-12/h3,5-6,10,14H,2,4,7-9,11H2,1H3,(H,18,19,20)/t14-/m1/s1. The van der Waals surface area contributed by atoms with Gasteiger partial charge in [-0.2, -0.15) is 0 Å². The minimum atomic E-state index is -0.458. The van der Waals surface area contributed by atoms with Gasteiger partial charge in [-0.3, -0.25) is 10.1 Å². The highest BCUT2D eigenvalue weighted by molar-refractivity contribution is 6.04. The maximum atomic E-state index is 13.2. The zero-order chi connectivity index (χ0) is 15.8. The van der Waals surface area contributed by atoms with E-state index in [2.05, 4.69) is 10.3 Å². The van der Waals surface area contributed by atoms with Crippen molar-refractivity contribution >= 4 is 11.9 Å². The van der Waals surface area contributed by atoms with E-state index in [4.69, 9.17) is 9.47 Å². The minimum Gasteiger partial charge on any atom is -0.465 e. The normalized spacial score (nSPS) is 18.3. The SMILES string of the molecule is CCCOC(=NC[C@H]1CCCO1)NC(=O)c1cccc(F)c1. The van der Waals surface area contributed by atoms with E-state index < -0.39 is 11.7 Å². The van der Waals surface area contributed by atoms with Gasteiger partial charge >= 0.3 is 0 Å². The molecule has 0 unspecified atom stereocenters. The van der Waals surface area contributed by atoms with Gasteiger partial charge in [-0.15, -0.1) is 0 Å². The maximum Gasteiger partial charge on any atom is 0.291 e. The summed E-state index contributed by atoms with van der Waals surface area (Å²) in [5.41, 5.74) is 0.227. The van der Waals surface area contributed by atoms with Crippen molar-refractivity contribution in [2.24, 2.45) is 4.99 Å². The fraction of sp³-hybridized carbons (Fsp3) is 0.500. The van der Waals surface area contributed by atoms with Gasteiger partial charge in [-0.25, -0.2) is 9.38 Å². The average molecular weight is 308 g/mol. The second kappa shape index (κ2) is 8.48. The summed E-state index contributed by atoms with van der Waals surface area (Å²) in [6, 6.07) is 5.64. The van der Waals surface area contributed by atoms with E-state index in [1.807, 2.05) is 6.92 Å². The lowest BCUT2D eigenvalue weighted by molar-refractivity contribution is 0.0962. The first-order valence-corrected chi connectivity index (χ1v) is 7.55. The molecule has 0 saturated carbocycles. The lowest BCUT2D eigenvalue weighted by atomic mass is 10.2. The number of aliphatic imine (C=N–C) groups is 1. The highest BCUT2D eigenvalue weighted by Crippen LogP contribution is 2.12. The molecule has 0 radical (unpaired) electrons. The molecule has 22 heavy (non-hydrogen) atoms. The molecule has 0 spiro atoms. The third-order valence-electron chi connectivity index (χ3n) is 3.21. The number of rotatable bonds is 5. The summed E-state index contributed by atoms with van der Waals surface area (Å²) < 4.78 is 24.1. The van der Waals surface area contributed by atoms with Crippen LogP contribution in [-0.4, -0.2) is 37.8 Å². The molecule has 1 atom stereocenters. The summed E-state index contributed by atoms with van der Waals surface area (Å²) in [7, 11) is 0. The molecule has 120 valence electrons. The van der Waals surface area contributed by atoms with Crippen molar-refractivity contribution in [1.29, 1.82) is 0 Å². The maximum absolute atomic E-state index is 13.2. The van der Waals surface area contributed by atoms with Crippen LogP contribution in [-0.2, 0) is 9.47 Å².